The van der Waals surface area contributed by atoms with Crippen LogP contribution < -0.4 is 4.18 Å². The summed E-state index contributed by atoms with van der Waals surface area (Å²) in [5.74, 6) is -0.108. The number of carbonyl (C=O) groups is 2. The van der Waals surface area contributed by atoms with Gasteiger partial charge in [-0.25, -0.2) is 4.79 Å². The van der Waals surface area contributed by atoms with E-state index in [2.05, 4.69) is 0 Å². The zero-order chi connectivity index (χ0) is 23.4. The Labute approximate surface area is 182 Å². The van der Waals surface area contributed by atoms with Gasteiger partial charge in [0.05, 0.1) is 12.6 Å². The summed E-state index contributed by atoms with van der Waals surface area (Å²) in [5, 5.41) is 10.4. The van der Waals surface area contributed by atoms with E-state index in [1.165, 1.54) is 67.4 Å². The molecule has 0 saturated carbocycles. The summed E-state index contributed by atoms with van der Waals surface area (Å²) >= 11 is 0. The normalized spacial score (nSPS) is 12.7. The summed E-state index contributed by atoms with van der Waals surface area (Å²) in [6, 6.07) is 11.3. The Balaban J connectivity index is 2.04. The van der Waals surface area contributed by atoms with Gasteiger partial charge in [-0.1, -0.05) is 24.3 Å². The van der Waals surface area contributed by atoms with E-state index in [0.29, 0.717) is 11.1 Å². The Morgan fingerprint density at radius 1 is 1.03 bits per heavy atom. The molecule has 0 bridgehead atoms. The topological polar surface area (TPSA) is 110 Å². The van der Waals surface area contributed by atoms with Crippen LogP contribution in [0.3, 0.4) is 0 Å². The van der Waals surface area contributed by atoms with Crippen molar-refractivity contribution in [3.63, 3.8) is 0 Å². The van der Waals surface area contributed by atoms with E-state index in [9.17, 15) is 23.1 Å². The Morgan fingerprint density at radius 3 is 2.06 bits per heavy atom. The fourth-order valence-electron chi connectivity index (χ4n) is 2.56. The predicted molar refractivity (Wildman–Crippen MR) is 115 cm³/mol. The Kier molecular flexibility index (Phi) is 7.45. The average Bonchev–Trinajstić information content (AvgIpc) is 2.67. The van der Waals surface area contributed by atoms with Gasteiger partial charge in [0, 0.05) is 12.6 Å². The third-order valence-corrected chi connectivity index (χ3v) is 5.43. The summed E-state index contributed by atoms with van der Waals surface area (Å²) in [7, 11) is -2.57. The summed E-state index contributed by atoms with van der Waals surface area (Å²) in [6.45, 7) is 6.63. The van der Waals surface area contributed by atoms with Crippen LogP contribution in [0.1, 0.15) is 49.7 Å². The second-order valence-electron chi connectivity index (χ2n) is 8.06. The van der Waals surface area contributed by atoms with Crippen molar-refractivity contribution in [2.24, 2.45) is 0 Å². The van der Waals surface area contributed by atoms with Crippen LogP contribution in [0.15, 0.2) is 53.4 Å². The van der Waals surface area contributed by atoms with Crippen LogP contribution in [0.2, 0.25) is 0 Å². The molecule has 0 saturated heterocycles. The number of ether oxygens (including phenoxy) is 1. The van der Waals surface area contributed by atoms with E-state index in [1.807, 2.05) is 0 Å². The fraction of sp³-hybridized carbons (Fsp3) is 0.364. The largest absolute Gasteiger partial charge is 0.444 e. The van der Waals surface area contributed by atoms with Crippen molar-refractivity contribution in [1.82, 2.24) is 4.90 Å². The third-order valence-electron chi connectivity index (χ3n) is 4.17. The molecule has 1 amide bonds. The van der Waals surface area contributed by atoms with E-state index >= 15 is 0 Å². The molecule has 0 fully saturated rings. The number of aliphatic hydroxyl groups is 1. The van der Waals surface area contributed by atoms with Crippen molar-refractivity contribution in [1.29, 1.82) is 0 Å². The van der Waals surface area contributed by atoms with Gasteiger partial charge in [-0.2, -0.15) is 8.42 Å². The molecule has 0 radical (unpaired) electrons. The molecule has 31 heavy (non-hydrogen) atoms. The number of ketones is 1. The number of likely N-dealkylation sites (N-methyl/N-ethyl adjacent to an activating group) is 1. The molecule has 0 heterocycles. The lowest BCUT2D eigenvalue weighted by Crippen LogP contribution is -2.36. The van der Waals surface area contributed by atoms with Crippen molar-refractivity contribution in [3.05, 3.63) is 59.7 Å². The molecular weight excluding hydrogens is 422 g/mol. The molecule has 0 aliphatic carbocycles. The first-order chi connectivity index (χ1) is 14.3. The second kappa shape index (κ2) is 9.49. The van der Waals surface area contributed by atoms with Crippen LogP contribution in [0, 0.1) is 0 Å². The summed E-state index contributed by atoms with van der Waals surface area (Å²) in [6.07, 6.45) is -1.56. The van der Waals surface area contributed by atoms with Crippen molar-refractivity contribution in [2.45, 2.75) is 44.3 Å². The van der Waals surface area contributed by atoms with Crippen molar-refractivity contribution in [3.8, 4) is 5.75 Å². The number of hydrogen-bond donors (Lipinski definition) is 1. The van der Waals surface area contributed by atoms with E-state index in [0.717, 1.165) is 0 Å². The molecule has 168 valence electrons. The molecule has 0 spiro atoms. The molecule has 9 heteroatoms. The lowest BCUT2D eigenvalue weighted by Gasteiger charge is -2.26. The number of amides is 1. The van der Waals surface area contributed by atoms with E-state index in [4.69, 9.17) is 8.92 Å². The van der Waals surface area contributed by atoms with E-state index in [1.54, 1.807) is 20.8 Å². The maximum Gasteiger partial charge on any atom is 0.410 e. The van der Waals surface area contributed by atoms with Gasteiger partial charge in [0.1, 0.15) is 16.2 Å². The first-order valence-corrected chi connectivity index (χ1v) is 11.0. The second-order valence-corrected chi connectivity index (χ2v) is 9.61. The number of nitrogens with zero attached hydrogens (tertiary/aromatic N) is 1. The zero-order valence-corrected chi connectivity index (χ0v) is 19.0. The van der Waals surface area contributed by atoms with Crippen LogP contribution in [-0.4, -0.2) is 49.5 Å². The number of benzene rings is 2. The van der Waals surface area contributed by atoms with Gasteiger partial charge in [-0.3, -0.25) is 4.79 Å². The fourth-order valence-corrected chi connectivity index (χ4v) is 3.49. The number of hydrogen-bond acceptors (Lipinski definition) is 7. The summed E-state index contributed by atoms with van der Waals surface area (Å²) in [5.41, 5.74) is 0.229. The maximum atomic E-state index is 12.4. The van der Waals surface area contributed by atoms with E-state index < -0.39 is 27.9 Å². The van der Waals surface area contributed by atoms with Crippen molar-refractivity contribution < 1.29 is 32.0 Å². The molecule has 0 aliphatic heterocycles. The van der Waals surface area contributed by atoms with Crippen LogP contribution in [0.5, 0.6) is 5.75 Å². The minimum absolute atomic E-state index is 0.00405. The molecule has 8 nitrogen and oxygen atoms in total. The summed E-state index contributed by atoms with van der Waals surface area (Å²) in [4.78, 5) is 24.5. The highest BCUT2D eigenvalue weighted by Crippen LogP contribution is 2.23. The highest BCUT2D eigenvalue weighted by atomic mass is 32.2. The molecule has 2 aromatic rings. The molecule has 0 aliphatic rings. The third kappa shape index (κ3) is 7.08. The minimum atomic E-state index is -4.08. The van der Waals surface area contributed by atoms with Gasteiger partial charge in [-0.05, 0) is 57.5 Å². The van der Waals surface area contributed by atoms with Crippen LogP contribution in [0.4, 0.5) is 4.79 Å². The molecule has 2 rings (SSSR count). The SMILES string of the molecule is CC(=O)c1ccc(S(=O)(=O)Oc2ccc(C(O)CN(C)C(=O)OC(C)(C)C)cc2)cc1. The highest BCUT2D eigenvalue weighted by molar-refractivity contribution is 7.87. The Bertz CT molecular complexity index is 1020. The summed E-state index contributed by atoms with van der Waals surface area (Å²) < 4.78 is 35.2. The van der Waals surface area contributed by atoms with Gasteiger partial charge in [0.2, 0.25) is 0 Å². The highest BCUT2D eigenvalue weighted by Gasteiger charge is 2.22. The van der Waals surface area contributed by atoms with Gasteiger partial charge in [-0.15, -0.1) is 0 Å². The van der Waals surface area contributed by atoms with Gasteiger partial charge < -0.3 is 18.9 Å². The maximum absolute atomic E-state index is 12.4. The lowest BCUT2D eigenvalue weighted by atomic mass is 10.1. The van der Waals surface area contributed by atoms with Gasteiger partial charge in [0.15, 0.2) is 5.78 Å². The lowest BCUT2D eigenvalue weighted by molar-refractivity contribution is 0.0205. The number of aliphatic hydroxyl groups excluding tert-OH is 1. The first-order valence-electron chi connectivity index (χ1n) is 9.56. The van der Waals surface area contributed by atoms with Crippen LogP contribution in [0.25, 0.3) is 0 Å². The first kappa shape index (κ1) is 24.4. The smallest absolute Gasteiger partial charge is 0.410 e. The number of carbonyl (C=O) groups excluding carboxylic acids is 2. The number of Topliss-reactive ketones (excluding diaryl/α,β-unsaturated/α-hetero) is 1. The number of rotatable bonds is 7. The van der Waals surface area contributed by atoms with Gasteiger partial charge in [0.25, 0.3) is 0 Å². The Hall–Kier alpha value is -2.91. The molecule has 0 aromatic heterocycles. The molecular formula is C22H27NO7S. The minimum Gasteiger partial charge on any atom is -0.444 e. The monoisotopic (exact) mass is 449 g/mol. The predicted octanol–water partition coefficient (Wildman–Crippen LogP) is 3.56. The standard InChI is InChI=1S/C22H27NO7S/c1-15(24)16-8-12-19(13-9-16)31(27,28)30-18-10-6-17(7-11-18)20(25)14-23(5)21(26)29-22(2,3)4/h6-13,20,25H,14H2,1-5H3. The molecule has 1 atom stereocenters. The van der Waals surface area contributed by atoms with E-state index in [-0.39, 0.29) is 23.0 Å². The van der Waals surface area contributed by atoms with Crippen LogP contribution >= 0.6 is 0 Å². The average molecular weight is 450 g/mol. The van der Waals surface area contributed by atoms with Crippen LogP contribution in [-0.2, 0) is 14.9 Å². The van der Waals surface area contributed by atoms with Crippen molar-refractivity contribution >= 4 is 22.0 Å². The molecule has 1 N–H and O–H groups in total. The van der Waals surface area contributed by atoms with Crippen molar-refractivity contribution in [2.75, 3.05) is 13.6 Å². The zero-order valence-electron chi connectivity index (χ0n) is 18.2. The quantitative estimate of drug-likeness (QED) is 0.508. The molecule has 1 unspecified atom stereocenters. The molecule has 2 aromatic carbocycles. The Morgan fingerprint density at radius 2 is 1.58 bits per heavy atom. The van der Waals surface area contributed by atoms with Gasteiger partial charge >= 0.3 is 16.2 Å².